The fourth-order valence-electron chi connectivity index (χ4n) is 2.69. The fraction of sp³-hybridized carbons (Fsp3) is 0.462. The van der Waals surface area contributed by atoms with Crippen molar-refractivity contribution >= 4 is 39.6 Å². The Bertz CT molecular complexity index is 581. The van der Waals surface area contributed by atoms with Gasteiger partial charge < -0.3 is 15.0 Å². The molecule has 3 rings (SSSR count). The van der Waals surface area contributed by atoms with Crippen molar-refractivity contribution < 1.29 is 4.74 Å². The largest absolute Gasteiger partial charge is 0.381 e. The standard InChI is InChI=1S/C13H16IN3O/c1-8-7-18-5-4-11(8)17-12-3-2-9(14)6-10(12)16-13(17)15/h2-3,6,8,11H,4-5,7H2,1H3,(H2,15,16). The van der Waals surface area contributed by atoms with Gasteiger partial charge in [-0.1, -0.05) is 6.92 Å². The van der Waals surface area contributed by atoms with Crippen molar-refractivity contribution in [2.45, 2.75) is 19.4 Å². The molecule has 1 aliphatic heterocycles. The van der Waals surface area contributed by atoms with Crippen LogP contribution in [0.2, 0.25) is 0 Å². The maximum atomic E-state index is 6.11. The second kappa shape index (κ2) is 4.70. The third kappa shape index (κ3) is 1.99. The molecule has 2 unspecified atom stereocenters. The molecule has 1 aliphatic rings. The number of anilines is 1. The van der Waals surface area contributed by atoms with E-state index >= 15 is 0 Å². The number of nitrogen functional groups attached to an aromatic ring is 1. The summed E-state index contributed by atoms with van der Waals surface area (Å²) in [7, 11) is 0. The molecule has 2 heterocycles. The Morgan fingerprint density at radius 1 is 1.50 bits per heavy atom. The number of nitrogens with two attached hydrogens (primary N) is 1. The molecule has 2 N–H and O–H groups in total. The molecule has 0 saturated carbocycles. The van der Waals surface area contributed by atoms with E-state index in [1.54, 1.807) is 0 Å². The van der Waals surface area contributed by atoms with Gasteiger partial charge in [0.1, 0.15) is 0 Å². The second-order valence-corrected chi connectivity index (χ2v) is 6.13. The van der Waals surface area contributed by atoms with Crippen LogP contribution >= 0.6 is 22.6 Å². The molecule has 1 saturated heterocycles. The van der Waals surface area contributed by atoms with Crippen molar-refractivity contribution in [1.29, 1.82) is 0 Å². The Balaban J connectivity index is 2.12. The monoisotopic (exact) mass is 357 g/mol. The molecule has 5 heteroatoms. The molecule has 1 fully saturated rings. The van der Waals surface area contributed by atoms with Crippen molar-refractivity contribution in [2.75, 3.05) is 18.9 Å². The van der Waals surface area contributed by atoms with Gasteiger partial charge in [-0.05, 0) is 47.2 Å². The highest BCUT2D eigenvalue weighted by Crippen LogP contribution is 2.32. The predicted octanol–water partition coefficient (Wildman–Crippen LogP) is 2.82. The molecule has 4 nitrogen and oxygen atoms in total. The number of hydrogen-bond acceptors (Lipinski definition) is 3. The van der Waals surface area contributed by atoms with Gasteiger partial charge in [0.05, 0.1) is 17.6 Å². The van der Waals surface area contributed by atoms with Crippen LogP contribution in [0.1, 0.15) is 19.4 Å². The Kier molecular flexibility index (Phi) is 3.19. The minimum atomic E-state index is 0.392. The van der Waals surface area contributed by atoms with Crippen LogP contribution in [0.5, 0.6) is 0 Å². The van der Waals surface area contributed by atoms with Crippen LogP contribution in [-0.2, 0) is 4.74 Å². The highest BCUT2D eigenvalue weighted by atomic mass is 127. The lowest BCUT2D eigenvalue weighted by atomic mass is 9.97. The minimum absolute atomic E-state index is 0.392. The van der Waals surface area contributed by atoms with Crippen molar-refractivity contribution in [3.05, 3.63) is 21.8 Å². The summed E-state index contributed by atoms with van der Waals surface area (Å²) in [4.78, 5) is 4.48. The molecule has 1 aromatic carbocycles. The molecule has 2 aromatic rings. The van der Waals surface area contributed by atoms with Gasteiger partial charge in [0, 0.05) is 22.1 Å². The Morgan fingerprint density at radius 2 is 2.33 bits per heavy atom. The second-order valence-electron chi connectivity index (χ2n) is 4.88. The Morgan fingerprint density at radius 3 is 3.11 bits per heavy atom. The Hall–Kier alpha value is -0.820. The molecular weight excluding hydrogens is 341 g/mol. The molecule has 0 radical (unpaired) electrons. The number of hydrogen-bond donors (Lipinski definition) is 1. The molecule has 2 atom stereocenters. The van der Waals surface area contributed by atoms with Crippen LogP contribution in [0, 0.1) is 9.49 Å². The van der Waals surface area contributed by atoms with Gasteiger partial charge in [-0.2, -0.15) is 0 Å². The quantitative estimate of drug-likeness (QED) is 0.799. The van der Waals surface area contributed by atoms with Crippen LogP contribution in [0.15, 0.2) is 18.2 Å². The lowest BCUT2D eigenvalue weighted by Gasteiger charge is -2.30. The highest BCUT2D eigenvalue weighted by Gasteiger charge is 2.26. The van der Waals surface area contributed by atoms with Gasteiger partial charge in [0.2, 0.25) is 5.95 Å². The molecule has 96 valence electrons. The molecule has 0 amide bonds. The van der Waals surface area contributed by atoms with E-state index in [2.05, 4.69) is 57.3 Å². The first kappa shape index (κ1) is 12.2. The number of fused-ring (bicyclic) bond motifs is 1. The summed E-state index contributed by atoms with van der Waals surface area (Å²) < 4.78 is 8.87. The van der Waals surface area contributed by atoms with E-state index in [1.807, 2.05) is 0 Å². The Labute approximate surface area is 120 Å². The zero-order valence-corrected chi connectivity index (χ0v) is 12.4. The molecule has 0 spiro atoms. The van der Waals surface area contributed by atoms with E-state index in [9.17, 15) is 0 Å². The summed E-state index contributed by atoms with van der Waals surface area (Å²) in [6.07, 6.45) is 1.00. The number of nitrogens with zero attached hydrogens (tertiary/aromatic N) is 2. The minimum Gasteiger partial charge on any atom is -0.381 e. The molecular formula is C13H16IN3O. The number of halogens is 1. The van der Waals surface area contributed by atoms with Crippen molar-refractivity contribution in [2.24, 2.45) is 5.92 Å². The molecule has 1 aromatic heterocycles. The molecule has 18 heavy (non-hydrogen) atoms. The van der Waals surface area contributed by atoms with Crippen LogP contribution < -0.4 is 5.73 Å². The predicted molar refractivity (Wildman–Crippen MR) is 80.5 cm³/mol. The maximum absolute atomic E-state index is 6.11. The number of rotatable bonds is 1. The maximum Gasteiger partial charge on any atom is 0.201 e. The normalized spacial score (nSPS) is 24.6. The fourth-order valence-corrected chi connectivity index (χ4v) is 3.17. The van der Waals surface area contributed by atoms with Crippen LogP contribution in [0.4, 0.5) is 5.95 Å². The third-order valence-corrected chi connectivity index (χ3v) is 4.28. The van der Waals surface area contributed by atoms with Crippen molar-refractivity contribution in [1.82, 2.24) is 9.55 Å². The number of imidazole rings is 1. The first-order chi connectivity index (χ1) is 8.66. The van der Waals surface area contributed by atoms with E-state index in [-0.39, 0.29) is 0 Å². The first-order valence-electron chi connectivity index (χ1n) is 6.17. The number of benzene rings is 1. The van der Waals surface area contributed by atoms with Gasteiger partial charge in [0.15, 0.2) is 0 Å². The summed E-state index contributed by atoms with van der Waals surface area (Å²) in [5.74, 6) is 1.09. The average Bonchev–Trinajstić information content (AvgIpc) is 2.65. The summed E-state index contributed by atoms with van der Waals surface area (Å²) in [5.41, 5.74) is 8.22. The molecule has 0 bridgehead atoms. The number of ether oxygens (including phenoxy) is 1. The van der Waals surface area contributed by atoms with Crippen LogP contribution in [0.25, 0.3) is 11.0 Å². The molecule has 0 aliphatic carbocycles. The van der Waals surface area contributed by atoms with Crippen molar-refractivity contribution in [3.63, 3.8) is 0 Å². The van der Waals surface area contributed by atoms with E-state index in [0.29, 0.717) is 17.9 Å². The van der Waals surface area contributed by atoms with E-state index in [4.69, 9.17) is 10.5 Å². The topological polar surface area (TPSA) is 53.1 Å². The zero-order valence-electron chi connectivity index (χ0n) is 10.3. The van der Waals surface area contributed by atoms with E-state index in [0.717, 1.165) is 30.7 Å². The van der Waals surface area contributed by atoms with Crippen LogP contribution in [0.3, 0.4) is 0 Å². The summed E-state index contributed by atoms with van der Waals surface area (Å²) in [6, 6.07) is 6.68. The van der Waals surface area contributed by atoms with E-state index < -0.39 is 0 Å². The summed E-state index contributed by atoms with van der Waals surface area (Å²) in [5, 5.41) is 0. The first-order valence-corrected chi connectivity index (χ1v) is 7.25. The van der Waals surface area contributed by atoms with Crippen LogP contribution in [-0.4, -0.2) is 22.8 Å². The van der Waals surface area contributed by atoms with Gasteiger partial charge in [-0.25, -0.2) is 4.98 Å². The lowest BCUT2D eigenvalue weighted by molar-refractivity contribution is 0.0304. The summed E-state index contributed by atoms with van der Waals surface area (Å²) >= 11 is 2.30. The van der Waals surface area contributed by atoms with E-state index in [1.165, 1.54) is 3.57 Å². The average molecular weight is 357 g/mol. The highest BCUT2D eigenvalue weighted by molar-refractivity contribution is 14.1. The van der Waals surface area contributed by atoms with Gasteiger partial charge in [0.25, 0.3) is 0 Å². The SMILES string of the molecule is CC1COCCC1n1c(N)nc2cc(I)ccc21. The zero-order chi connectivity index (χ0) is 12.7. The lowest BCUT2D eigenvalue weighted by Crippen LogP contribution is -2.28. The van der Waals surface area contributed by atoms with Crippen molar-refractivity contribution in [3.8, 4) is 0 Å². The summed E-state index contributed by atoms with van der Waals surface area (Å²) in [6.45, 7) is 3.81. The smallest absolute Gasteiger partial charge is 0.201 e. The van der Waals surface area contributed by atoms with Gasteiger partial charge >= 0.3 is 0 Å². The van der Waals surface area contributed by atoms with Gasteiger partial charge in [-0.15, -0.1) is 0 Å². The van der Waals surface area contributed by atoms with Gasteiger partial charge in [-0.3, -0.25) is 0 Å². The number of aromatic nitrogens is 2. The third-order valence-electron chi connectivity index (χ3n) is 3.61.